The van der Waals surface area contributed by atoms with E-state index in [1.54, 1.807) is 0 Å². The summed E-state index contributed by atoms with van der Waals surface area (Å²) in [5.41, 5.74) is 1.08. The van der Waals surface area contributed by atoms with Crippen LogP contribution in [0.1, 0.15) is 6.92 Å². The molecule has 1 fully saturated rings. The van der Waals surface area contributed by atoms with Crippen LogP contribution in [0.5, 0.6) is 0 Å². The Hall–Kier alpha value is -0.540. The molecule has 0 aromatic rings. The molecule has 64 valence electrons. The molecule has 0 amide bonds. The summed E-state index contributed by atoms with van der Waals surface area (Å²) in [5, 5.41) is 4.29. The molecule has 3 nitrogen and oxygen atoms in total. The van der Waals surface area contributed by atoms with Crippen molar-refractivity contribution in [3.8, 4) is 0 Å². The van der Waals surface area contributed by atoms with Gasteiger partial charge in [0.2, 0.25) is 0 Å². The predicted octanol–water partition coefficient (Wildman–Crippen LogP) is 0.699. The standard InChI is InChI=1S/C8H16N2O/c1-8(2)10-5-7-11-6-4-9(10)3/h1,4-7H2,2-3H3. The Kier molecular flexibility index (Phi) is 2.91. The maximum absolute atomic E-state index is 5.32. The summed E-state index contributed by atoms with van der Waals surface area (Å²) in [6.07, 6.45) is 0. The number of hydrazine groups is 1. The number of rotatable bonds is 1. The zero-order valence-corrected chi connectivity index (χ0v) is 7.34. The summed E-state index contributed by atoms with van der Waals surface area (Å²) >= 11 is 0. The van der Waals surface area contributed by atoms with Crippen molar-refractivity contribution in [1.82, 2.24) is 10.0 Å². The van der Waals surface area contributed by atoms with Crippen LogP contribution in [0.4, 0.5) is 0 Å². The third-order valence-corrected chi connectivity index (χ3v) is 1.86. The molecular weight excluding hydrogens is 140 g/mol. The van der Waals surface area contributed by atoms with Crippen molar-refractivity contribution >= 4 is 0 Å². The van der Waals surface area contributed by atoms with E-state index in [1.807, 2.05) is 6.92 Å². The molecule has 1 rings (SSSR count). The first-order valence-electron chi connectivity index (χ1n) is 3.93. The molecule has 1 saturated heterocycles. The topological polar surface area (TPSA) is 15.7 Å². The van der Waals surface area contributed by atoms with Gasteiger partial charge in [-0.25, -0.2) is 5.01 Å². The number of ether oxygens (including phenoxy) is 1. The Morgan fingerprint density at radius 1 is 1.36 bits per heavy atom. The summed E-state index contributed by atoms with van der Waals surface area (Å²) in [6, 6.07) is 0. The SMILES string of the molecule is C=C(C)N1CCOCCN1C. The van der Waals surface area contributed by atoms with Crippen LogP contribution in [0.2, 0.25) is 0 Å². The average molecular weight is 156 g/mol. The third kappa shape index (κ3) is 2.20. The van der Waals surface area contributed by atoms with Gasteiger partial charge in [-0.1, -0.05) is 6.58 Å². The Morgan fingerprint density at radius 2 is 2.00 bits per heavy atom. The summed E-state index contributed by atoms with van der Waals surface area (Å²) in [5.74, 6) is 0. The smallest absolute Gasteiger partial charge is 0.0658 e. The normalized spacial score (nSPS) is 21.5. The molecule has 0 N–H and O–H groups in total. The summed E-state index contributed by atoms with van der Waals surface area (Å²) in [6.45, 7) is 9.41. The van der Waals surface area contributed by atoms with Gasteiger partial charge < -0.3 is 9.75 Å². The van der Waals surface area contributed by atoms with Gasteiger partial charge in [-0.05, 0) is 6.92 Å². The Morgan fingerprint density at radius 3 is 2.64 bits per heavy atom. The van der Waals surface area contributed by atoms with Crippen molar-refractivity contribution in [3.05, 3.63) is 12.3 Å². The lowest BCUT2D eigenvalue weighted by Gasteiger charge is -2.31. The van der Waals surface area contributed by atoms with Crippen LogP contribution in [-0.4, -0.2) is 43.4 Å². The number of likely N-dealkylation sites (N-methyl/N-ethyl adjacent to an activating group) is 1. The van der Waals surface area contributed by atoms with Gasteiger partial charge in [-0.15, -0.1) is 0 Å². The van der Waals surface area contributed by atoms with Crippen LogP contribution in [-0.2, 0) is 4.74 Å². The highest BCUT2D eigenvalue weighted by molar-refractivity contribution is 4.86. The van der Waals surface area contributed by atoms with Crippen molar-refractivity contribution in [1.29, 1.82) is 0 Å². The van der Waals surface area contributed by atoms with Gasteiger partial charge in [0.25, 0.3) is 0 Å². The average Bonchev–Trinajstić information content (AvgIpc) is 2.13. The molecule has 0 spiro atoms. The molecule has 0 radical (unpaired) electrons. The number of nitrogens with zero attached hydrogens (tertiary/aromatic N) is 2. The largest absolute Gasteiger partial charge is 0.378 e. The molecule has 1 aliphatic heterocycles. The van der Waals surface area contributed by atoms with E-state index in [1.165, 1.54) is 0 Å². The second-order valence-corrected chi connectivity index (χ2v) is 2.85. The highest BCUT2D eigenvalue weighted by Crippen LogP contribution is 2.06. The molecule has 0 aromatic heterocycles. The molecule has 1 heterocycles. The van der Waals surface area contributed by atoms with Crippen LogP contribution in [0.25, 0.3) is 0 Å². The molecule has 0 atom stereocenters. The van der Waals surface area contributed by atoms with Crippen LogP contribution in [0.3, 0.4) is 0 Å². The molecular formula is C8H16N2O. The lowest BCUT2D eigenvalue weighted by atomic mass is 10.5. The molecule has 0 saturated carbocycles. The fourth-order valence-electron chi connectivity index (χ4n) is 1.22. The first kappa shape index (κ1) is 8.56. The fourth-order valence-corrected chi connectivity index (χ4v) is 1.22. The molecule has 0 unspecified atom stereocenters. The van der Waals surface area contributed by atoms with Crippen LogP contribution in [0.15, 0.2) is 12.3 Å². The Labute approximate surface area is 68.2 Å². The van der Waals surface area contributed by atoms with Gasteiger partial charge in [0.15, 0.2) is 0 Å². The van der Waals surface area contributed by atoms with Gasteiger partial charge >= 0.3 is 0 Å². The first-order chi connectivity index (χ1) is 5.22. The summed E-state index contributed by atoms with van der Waals surface area (Å²) < 4.78 is 5.32. The zero-order valence-electron chi connectivity index (χ0n) is 7.34. The van der Waals surface area contributed by atoms with Gasteiger partial charge in [-0.2, -0.15) is 0 Å². The van der Waals surface area contributed by atoms with Crippen molar-refractivity contribution in [3.63, 3.8) is 0 Å². The number of hydrogen-bond donors (Lipinski definition) is 0. The third-order valence-electron chi connectivity index (χ3n) is 1.86. The van der Waals surface area contributed by atoms with E-state index in [2.05, 4.69) is 23.6 Å². The molecule has 0 aromatic carbocycles. The molecule has 1 aliphatic rings. The minimum atomic E-state index is 0.803. The van der Waals surface area contributed by atoms with Crippen molar-refractivity contribution in [2.75, 3.05) is 33.4 Å². The fraction of sp³-hybridized carbons (Fsp3) is 0.750. The van der Waals surface area contributed by atoms with Crippen LogP contribution >= 0.6 is 0 Å². The van der Waals surface area contributed by atoms with Gasteiger partial charge in [0.1, 0.15) is 0 Å². The summed E-state index contributed by atoms with van der Waals surface area (Å²) in [4.78, 5) is 0. The molecule has 0 bridgehead atoms. The van der Waals surface area contributed by atoms with E-state index in [-0.39, 0.29) is 0 Å². The van der Waals surface area contributed by atoms with Gasteiger partial charge in [0.05, 0.1) is 19.8 Å². The van der Waals surface area contributed by atoms with Gasteiger partial charge in [-0.3, -0.25) is 0 Å². The van der Waals surface area contributed by atoms with E-state index in [4.69, 9.17) is 4.74 Å². The molecule has 11 heavy (non-hydrogen) atoms. The van der Waals surface area contributed by atoms with E-state index >= 15 is 0 Å². The zero-order chi connectivity index (χ0) is 8.27. The van der Waals surface area contributed by atoms with E-state index in [9.17, 15) is 0 Å². The quantitative estimate of drug-likeness (QED) is 0.556. The van der Waals surface area contributed by atoms with Gasteiger partial charge in [0, 0.05) is 19.3 Å². The van der Waals surface area contributed by atoms with Crippen molar-refractivity contribution in [2.45, 2.75) is 6.92 Å². The Balaban J connectivity index is 2.52. The van der Waals surface area contributed by atoms with E-state index < -0.39 is 0 Å². The highest BCUT2D eigenvalue weighted by Gasteiger charge is 2.12. The Bertz CT molecular complexity index is 147. The highest BCUT2D eigenvalue weighted by atomic mass is 16.5. The first-order valence-corrected chi connectivity index (χ1v) is 3.93. The lowest BCUT2D eigenvalue weighted by Crippen LogP contribution is -2.38. The minimum absolute atomic E-state index is 0.803. The summed E-state index contributed by atoms with van der Waals surface area (Å²) in [7, 11) is 2.06. The maximum atomic E-state index is 5.32. The molecule has 3 heteroatoms. The maximum Gasteiger partial charge on any atom is 0.0658 e. The lowest BCUT2D eigenvalue weighted by molar-refractivity contribution is 0.0537. The van der Waals surface area contributed by atoms with E-state index in [0.29, 0.717) is 0 Å². The predicted molar refractivity (Wildman–Crippen MR) is 45.0 cm³/mol. The monoisotopic (exact) mass is 156 g/mol. The molecule has 0 aliphatic carbocycles. The van der Waals surface area contributed by atoms with Crippen molar-refractivity contribution < 1.29 is 4.74 Å². The van der Waals surface area contributed by atoms with Crippen LogP contribution < -0.4 is 0 Å². The number of hydrogen-bond acceptors (Lipinski definition) is 3. The van der Waals surface area contributed by atoms with Crippen molar-refractivity contribution in [2.24, 2.45) is 0 Å². The van der Waals surface area contributed by atoms with E-state index in [0.717, 1.165) is 32.0 Å². The number of allylic oxidation sites excluding steroid dienone is 1. The van der Waals surface area contributed by atoms with Crippen LogP contribution in [0, 0.1) is 0 Å². The second-order valence-electron chi connectivity index (χ2n) is 2.85. The second kappa shape index (κ2) is 3.74. The minimum Gasteiger partial charge on any atom is -0.378 e.